The lowest BCUT2D eigenvalue weighted by Gasteiger charge is -2.43. The molecule has 41 heavy (non-hydrogen) atoms. The van der Waals surface area contributed by atoms with Gasteiger partial charge in [-0.25, -0.2) is 17.6 Å². The molecule has 13 heteroatoms. The predicted molar refractivity (Wildman–Crippen MR) is 139 cm³/mol. The average molecular weight is 589 g/mol. The van der Waals surface area contributed by atoms with Crippen molar-refractivity contribution in [3.05, 3.63) is 58.8 Å². The van der Waals surface area contributed by atoms with Gasteiger partial charge in [0.1, 0.15) is 24.0 Å². The maximum atomic E-state index is 15.6. The zero-order chi connectivity index (χ0) is 29.5. The molecule has 0 amide bonds. The summed E-state index contributed by atoms with van der Waals surface area (Å²) < 4.78 is 104. The van der Waals surface area contributed by atoms with Crippen molar-refractivity contribution >= 4 is 16.6 Å². The number of H-pyrrole nitrogens is 1. The Morgan fingerprint density at radius 1 is 1.17 bits per heavy atom. The fourth-order valence-electron chi connectivity index (χ4n) is 5.88. The minimum atomic E-state index is -3.57. The van der Waals surface area contributed by atoms with Crippen LogP contribution in [0.3, 0.4) is 0 Å². The van der Waals surface area contributed by atoms with Crippen molar-refractivity contribution in [3.8, 4) is 5.75 Å². The van der Waals surface area contributed by atoms with Gasteiger partial charge in [0.05, 0.1) is 36.5 Å². The van der Waals surface area contributed by atoms with E-state index in [1.807, 2.05) is 4.90 Å². The molecule has 0 bridgehead atoms. The van der Waals surface area contributed by atoms with Gasteiger partial charge in [-0.15, -0.1) is 0 Å². The number of hydrogen-bond acceptors (Lipinski definition) is 5. The van der Waals surface area contributed by atoms with E-state index in [4.69, 9.17) is 4.74 Å². The highest BCUT2D eigenvalue weighted by molar-refractivity contribution is 5.86. The Morgan fingerprint density at radius 2 is 1.93 bits per heavy atom. The van der Waals surface area contributed by atoms with Gasteiger partial charge in [-0.05, 0) is 37.5 Å². The topological polar surface area (TPSA) is 63.8 Å². The lowest BCUT2D eigenvalue weighted by Crippen LogP contribution is -2.54. The lowest BCUT2D eigenvalue weighted by molar-refractivity contribution is -0.0875. The van der Waals surface area contributed by atoms with Crippen molar-refractivity contribution in [2.24, 2.45) is 0 Å². The third-order valence-corrected chi connectivity index (χ3v) is 7.77. The highest BCUT2D eigenvalue weighted by atomic mass is 19.3. The first-order valence-electron chi connectivity index (χ1n) is 13.4. The van der Waals surface area contributed by atoms with Crippen molar-refractivity contribution in [2.45, 2.75) is 50.4 Å². The van der Waals surface area contributed by atoms with Gasteiger partial charge >= 0.3 is 6.61 Å². The van der Waals surface area contributed by atoms with E-state index in [0.29, 0.717) is 37.0 Å². The van der Waals surface area contributed by atoms with Gasteiger partial charge in [-0.2, -0.15) is 8.78 Å². The van der Waals surface area contributed by atoms with Crippen LogP contribution in [0.4, 0.5) is 36.4 Å². The van der Waals surface area contributed by atoms with Crippen LogP contribution in [0.25, 0.3) is 10.9 Å². The molecular formula is C28H31F7N4O2. The largest absolute Gasteiger partial charge is 0.434 e. The third-order valence-electron chi connectivity index (χ3n) is 7.77. The Hall–Kier alpha value is -3.03. The Morgan fingerprint density at radius 3 is 2.61 bits per heavy atom. The van der Waals surface area contributed by atoms with Crippen molar-refractivity contribution in [2.75, 3.05) is 44.8 Å². The van der Waals surface area contributed by atoms with Crippen LogP contribution >= 0.6 is 0 Å². The number of aromatic amines is 1. The number of alkyl halides is 5. The summed E-state index contributed by atoms with van der Waals surface area (Å²) in [4.78, 5) is 6.17. The van der Waals surface area contributed by atoms with Crippen LogP contribution in [0.2, 0.25) is 0 Å². The summed E-state index contributed by atoms with van der Waals surface area (Å²) in [5.41, 5.74) is 0.689. The molecule has 3 aromatic rings. The van der Waals surface area contributed by atoms with Crippen LogP contribution in [0.1, 0.15) is 36.2 Å². The summed E-state index contributed by atoms with van der Waals surface area (Å²) in [6.07, 6.45) is 0.581. The summed E-state index contributed by atoms with van der Waals surface area (Å²) in [5, 5.41) is 12.8. The number of benzene rings is 2. The smallest absolute Gasteiger partial charge is 0.387 e. The lowest BCUT2D eigenvalue weighted by atomic mass is 9.87. The van der Waals surface area contributed by atoms with E-state index >= 15 is 4.39 Å². The Labute approximate surface area is 232 Å². The predicted octanol–water partition coefficient (Wildman–Crippen LogP) is 5.47. The molecule has 1 unspecified atom stereocenters. The van der Waals surface area contributed by atoms with E-state index in [-0.39, 0.29) is 34.9 Å². The minimum absolute atomic E-state index is 0.112. The zero-order valence-electron chi connectivity index (χ0n) is 22.2. The first-order valence-corrected chi connectivity index (χ1v) is 13.4. The van der Waals surface area contributed by atoms with E-state index < -0.39 is 61.8 Å². The second-order valence-corrected chi connectivity index (χ2v) is 10.7. The highest BCUT2D eigenvalue weighted by Crippen LogP contribution is 2.46. The maximum Gasteiger partial charge on any atom is 0.387 e. The number of fused-ring (bicyclic) bond motifs is 3. The van der Waals surface area contributed by atoms with Gasteiger partial charge in [0.25, 0.3) is 5.92 Å². The Kier molecular flexibility index (Phi) is 8.40. The van der Waals surface area contributed by atoms with Crippen LogP contribution < -0.4 is 10.1 Å². The van der Waals surface area contributed by atoms with Gasteiger partial charge in [-0.3, -0.25) is 14.2 Å². The standard InChI is InChI=1S/C28H31F7N4O2/c1-15-8-18-17-4-2-5-20(30)24(17)37-25(18)26(39(15)13-28(34,35)14-40)19-9-21(31)22(10-23(19)41-27(32)33)36-16-11-38(12-16)7-3-6-29/h2,4-5,9-10,15-16,26-27,36-37,40H,3,6-8,11-14H2,1H3/t15-,26?/m1/s1. The number of aromatic nitrogens is 1. The number of aliphatic hydroxyl groups is 1. The van der Waals surface area contributed by atoms with Crippen molar-refractivity contribution in [3.63, 3.8) is 0 Å². The maximum absolute atomic E-state index is 15.6. The molecule has 1 fully saturated rings. The van der Waals surface area contributed by atoms with Crippen LogP contribution in [0.15, 0.2) is 30.3 Å². The van der Waals surface area contributed by atoms with Gasteiger partial charge in [0.2, 0.25) is 0 Å². The van der Waals surface area contributed by atoms with Crippen molar-refractivity contribution in [1.82, 2.24) is 14.8 Å². The quantitative estimate of drug-likeness (QED) is 0.260. The molecule has 0 saturated carbocycles. The molecule has 2 aliphatic rings. The average Bonchev–Trinajstić information content (AvgIpc) is 3.26. The van der Waals surface area contributed by atoms with E-state index in [2.05, 4.69) is 10.3 Å². The number of aliphatic hydroxyl groups excluding tert-OH is 1. The monoisotopic (exact) mass is 588 g/mol. The number of likely N-dealkylation sites (tertiary alicyclic amines) is 1. The van der Waals surface area contributed by atoms with Crippen molar-refractivity contribution < 1.29 is 40.6 Å². The highest BCUT2D eigenvalue weighted by Gasteiger charge is 2.43. The number of para-hydroxylation sites is 1. The number of nitrogens with one attached hydrogen (secondary N) is 2. The fraction of sp³-hybridized carbons (Fsp3) is 0.500. The molecule has 3 N–H and O–H groups in total. The molecule has 0 radical (unpaired) electrons. The van der Waals surface area contributed by atoms with Crippen LogP contribution in [-0.2, 0) is 6.42 Å². The molecule has 1 aromatic heterocycles. The van der Waals surface area contributed by atoms with Gasteiger partial charge in [0, 0.05) is 48.4 Å². The zero-order valence-corrected chi connectivity index (χ0v) is 22.2. The molecule has 1 saturated heterocycles. The molecular weight excluding hydrogens is 557 g/mol. The van der Waals surface area contributed by atoms with Gasteiger partial charge in [0.15, 0.2) is 0 Å². The molecule has 0 aliphatic carbocycles. The summed E-state index contributed by atoms with van der Waals surface area (Å²) >= 11 is 0. The Bertz CT molecular complexity index is 1380. The summed E-state index contributed by atoms with van der Waals surface area (Å²) in [6, 6.07) is 4.34. The van der Waals surface area contributed by atoms with Gasteiger partial charge in [-0.1, -0.05) is 12.1 Å². The molecule has 5 rings (SSSR count). The number of halogens is 7. The Balaban J connectivity index is 1.59. The van der Waals surface area contributed by atoms with Crippen LogP contribution in [0.5, 0.6) is 5.75 Å². The summed E-state index contributed by atoms with van der Waals surface area (Å²) in [6.45, 7) is -3.01. The molecule has 3 heterocycles. The van der Waals surface area contributed by atoms with Crippen LogP contribution in [0, 0.1) is 11.6 Å². The van der Waals surface area contributed by atoms with E-state index in [9.17, 15) is 31.4 Å². The van der Waals surface area contributed by atoms with E-state index in [1.54, 1.807) is 13.0 Å². The number of ether oxygens (including phenoxy) is 1. The third kappa shape index (κ3) is 5.98. The summed E-state index contributed by atoms with van der Waals surface area (Å²) in [7, 11) is 0. The molecule has 2 aliphatic heterocycles. The second kappa shape index (κ2) is 11.7. The van der Waals surface area contributed by atoms with Gasteiger partial charge < -0.3 is 20.1 Å². The second-order valence-electron chi connectivity index (χ2n) is 10.7. The number of rotatable bonds is 11. The fourth-order valence-corrected chi connectivity index (χ4v) is 5.88. The molecule has 224 valence electrons. The normalized spacial score (nSPS) is 20.4. The summed E-state index contributed by atoms with van der Waals surface area (Å²) in [5.74, 6) is -5.41. The van der Waals surface area contributed by atoms with E-state index in [0.717, 1.165) is 12.1 Å². The molecule has 6 nitrogen and oxygen atoms in total. The molecule has 2 aromatic carbocycles. The number of anilines is 1. The minimum Gasteiger partial charge on any atom is -0.434 e. The van der Waals surface area contributed by atoms with Crippen molar-refractivity contribution in [1.29, 1.82) is 0 Å². The first kappa shape index (κ1) is 29.5. The first-order chi connectivity index (χ1) is 19.5. The van der Waals surface area contributed by atoms with E-state index in [1.165, 1.54) is 17.0 Å². The number of hydrogen-bond donors (Lipinski definition) is 3. The molecule has 2 atom stereocenters. The SMILES string of the molecule is C[C@@H]1Cc2c([nH]c3c(F)cccc23)C(c2cc(F)c(NC3CN(CCCF)C3)cc2OC(F)F)N1CC(F)(F)CO. The molecule has 0 spiro atoms. The van der Waals surface area contributed by atoms with Crippen LogP contribution in [-0.4, -0.2) is 84.0 Å². The number of nitrogens with zero attached hydrogens (tertiary/aromatic N) is 2.